The van der Waals surface area contributed by atoms with Crippen molar-refractivity contribution in [3.63, 3.8) is 0 Å². The highest BCUT2D eigenvalue weighted by Crippen LogP contribution is 2.21. The predicted octanol–water partition coefficient (Wildman–Crippen LogP) is 0.142. The Labute approximate surface area is 136 Å². The number of carbonyl (C=O) groups is 2. The minimum Gasteiger partial charge on any atom is -0.342 e. The molecule has 1 atom stereocenters. The molecule has 8 heteroatoms. The van der Waals surface area contributed by atoms with Gasteiger partial charge in [-0.3, -0.25) is 13.9 Å². The molecule has 1 aromatic carbocycles. The molecular formula is C15H21N3O4S. The molecule has 2 rings (SSSR count). The summed E-state index contributed by atoms with van der Waals surface area (Å²) in [7, 11) is -3.60. The standard InChI is InChI=1S/C15H21N3O4S/c1-13(15(20)17-10-8-16(12-19)9-11-17)18(23(2,21)22)14-6-4-3-5-7-14/h3-7,12-13H,8-11H2,1-2H3/t13-/m0/s1. The van der Waals surface area contributed by atoms with Gasteiger partial charge >= 0.3 is 0 Å². The molecule has 0 saturated carbocycles. The summed E-state index contributed by atoms with van der Waals surface area (Å²) in [4.78, 5) is 26.6. The van der Waals surface area contributed by atoms with Crippen molar-refractivity contribution in [2.45, 2.75) is 13.0 Å². The molecule has 0 bridgehead atoms. The van der Waals surface area contributed by atoms with Gasteiger partial charge in [0, 0.05) is 26.2 Å². The van der Waals surface area contributed by atoms with Gasteiger partial charge in [0.25, 0.3) is 0 Å². The molecule has 1 saturated heterocycles. The topological polar surface area (TPSA) is 78.0 Å². The summed E-state index contributed by atoms with van der Waals surface area (Å²) in [5.74, 6) is -0.259. The average Bonchev–Trinajstić information content (AvgIpc) is 2.54. The van der Waals surface area contributed by atoms with Crippen LogP contribution in [0, 0.1) is 0 Å². The van der Waals surface area contributed by atoms with Gasteiger partial charge in [-0.05, 0) is 19.1 Å². The molecule has 0 unspecified atom stereocenters. The molecule has 0 N–H and O–H groups in total. The minimum atomic E-state index is -3.60. The smallest absolute Gasteiger partial charge is 0.246 e. The first-order valence-electron chi connectivity index (χ1n) is 7.37. The Morgan fingerprint density at radius 3 is 2.22 bits per heavy atom. The van der Waals surface area contributed by atoms with Crippen LogP contribution in [-0.2, 0) is 19.6 Å². The molecule has 126 valence electrons. The third-order valence-corrected chi connectivity index (χ3v) is 5.09. The highest BCUT2D eigenvalue weighted by Gasteiger charge is 2.33. The van der Waals surface area contributed by atoms with Crippen molar-refractivity contribution in [3.8, 4) is 0 Å². The zero-order valence-electron chi connectivity index (χ0n) is 13.3. The van der Waals surface area contributed by atoms with Crippen molar-refractivity contribution in [1.29, 1.82) is 0 Å². The van der Waals surface area contributed by atoms with Crippen LogP contribution in [0.15, 0.2) is 30.3 Å². The fraction of sp³-hybridized carbons (Fsp3) is 0.467. The second-order valence-electron chi connectivity index (χ2n) is 5.54. The number of para-hydroxylation sites is 1. The van der Waals surface area contributed by atoms with E-state index in [2.05, 4.69) is 0 Å². The Morgan fingerprint density at radius 1 is 1.17 bits per heavy atom. The van der Waals surface area contributed by atoms with Crippen molar-refractivity contribution < 1.29 is 18.0 Å². The summed E-state index contributed by atoms with van der Waals surface area (Å²) in [6.45, 7) is 3.34. The number of anilines is 1. The van der Waals surface area contributed by atoms with Gasteiger partial charge in [0.15, 0.2) is 0 Å². The van der Waals surface area contributed by atoms with Gasteiger partial charge in [0.2, 0.25) is 22.3 Å². The van der Waals surface area contributed by atoms with Gasteiger partial charge < -0.3 is 9.80 Å². The molecule has 0 aliphatic carbocycles. The summed E-state index contributed by atoms with van der Waals surface area (Å²) in [5, 5.41) is 0. The maximum absolute atomic E-state index is 12.7. The summed E-state index contributed by atoms with van der Waals surface area (Å²) in [5.41, 5.74) is 0.461. The molecule has 1 fully saturated rings. The minimum absolute atomic E-state index is 0.259. The van der Waals surface area contributed by atoms with Gasteiger partial charge in [-0.2, -0.15) is 0 Å². The van der Waals surface area contributed by atoms with E-state index in [-0.39, 0.29) is 5.91 Å². The summed E-state index contributed by atoms with van der Waals surface area (Å²) >= 11 is 0. The Balaban J connectivity index is 2.20. The predicted molar refractivity (Wildman–Crippen MR) is 87.4 cm³/mol. The van der Waals surface area contributed by atoms with Crippen LogP contribution in [0.25, 0.3) is 0 Å². The van der Waals surface area contributed by atoms with Crippen molar-refractivity contribution in [3.05, 3.63) is 30.3 Å². The van der Waals surface area contributed by atoms with Crippen LogP contribution in [0.4, 0.5) is 5.69 Å². The third-order valence-electron chi connectivity index (χ3n) is 3.85. The van der Waals surface area contributed by atoms with Gasteiger partial charge in [-0.15, -0.1) is 0 Å². The van der Waals surface area contributed by atoms with E-state index >= 15 is 0 Å². The SMILES string of the molecule is C[C@@H](C(=O)N1CCN(C=O)CC1)N(c1ccccc1)S(C)(=O)=O. The Bertz CT molecular complexity index is 655. The zero-order chi connectivity index (χ0) is 17.0. The molecule has 2 amide bonds. The second-order valence-corrected chi connectivity index (χ2v) is 7.40. The quantitative estimate of drug-likeness (QED) is 0.715. The van der Waals surface area contributed by atoms with Gasteiger partial charge in [0.1, 0.15) is 6.04 Å². The van der Waals surface area contributed by atoms with Crippen LogP contribution in [0.2, 0.25) is 0 Å². The first-order valence-corrected chi connectivity index (χ1v) is 9.22. The van der Waals surface area contributed by atoms with Crippen LogP contribution >= 0.6 is 0 Å². The number of amides is 2. The number of rotatable bonds is 5. The van der Waals surface area contributed by atoms with Crippen molar-refractivity contribution in [1.82, 2.24) is 9.80 Å². The molecule has 1 aromatic rings. The fourth-order valence-electron chi connectivity index (χ4n) is 2.69. The molecule has 1 aliphatic rings. The van der Waals surface area contributed by atoms with E-state index in [0.717, 1.165) is 17.0 Å². The van der Waals surface area contributed by atoms with Gasteiger partial charge in [-0.25, -0.2) is 8.42 Å². The van der Waals surface area contributed by atoms with E-state index < -0.39 is 16.1 Å². The molecule has 1 aliphatic heterocycles. The summed E-state index contributed by atoms with van der Waals surface area (Å²) in [6.07, 6.45) is 1.85. The molecule has 0 aromatic heterocycles. The average molecular weight is 339 g/mol. The number of benzene rings is 1. The number of sulfonamides is 1. The van der Waals surface area contributed by atoms with E-state index in [1.54, 1.807) is 47.1 Å². The number of nitrogens with zero attached hydrogens (tertiary/aromatic N) is 3. The maximum Gasteiger partial charge on any atom is 0.246 e. The highest BCUT2D eigenvalue weighted by molar-refractivity contribution is 7.92. The van der Waals surface area contributed by atoms with Crippen LogP contribution in [0.3, 0.4) is 0 Å². The summed E-state index contributed by atoms with van der Waals surface area (Å²) < 4.78 is 25.5. The highest BCUT2D eigenvalue weighted by atomic mass is 32.2. The monoisotopic (exact) mass is 339 g/mol. The lowest BCUT2D eigenvalue weighted by Gasteiger charge is -2.36. The van der Waals surface area contributed by atoms with Crippen molar-refractivity contribution in [2.24, 2.45) is 0 Å². The molecule has 0 radical (unpaired) electrons. The van der Waals surface area contributed by atoms with Crippen LogP contribution in [0.5, 0.6) is 0 Å². The Hall–Kier alpha value is -2.09. The fourth-order valence-corrected chi connectivity index (χ4v) is 3.86. The van der Waals surface area contributed by atoms with E-state index in [4.69, 9.17) is 0 Å². The number of carbonyl (C=O) groups excluding carboxylic acids is 2. The van der Waals surface area contributed by atoms with Gasteiger partial charge in [-0.1, -0.05) is 18.2 Å². The maximum atomic E-state index is 12.7. The van der Waals surface area contributed by atoms with E-state index in [9.17, 15) is 18.0 Å². The molecule has 7 nitrogen and oxygen atoms in total. The largest absolute Gasteiger partial charge is 0.342 e. The first-order chi connectivity index (χ1) is 10.8. The second kappa shape index (κ2) is 6.99. The lowest BCUT2D eigenvalue weighted by Crippen LogP contribution is -2.55. The van der Waals surface area contributed by atoms with Crippen LogP contribution in [0.1, 0.15) is 6.92 Å². The van der Waals surface area contributed by atoms with Crippen molar-refractivity contribution >= 4 is 28.0 Å². The van der Waals surface area contributed by atoms with E-state index in [1.165, 1.54) is 0 Å². The zero-order valence-corrected chi connectivity index (χ0v) is 14.1. The summed E-state index contributed by atoms with van der Waals surface area (Å²) in [6, 6.07) is 7.73. The van der Waals surface area contributed by atoms with Crippen LogP contribution in [-0.4, -0.2) is 69.0 Å². The third kappa shape index (κ3) is 4.01. The van der Waals surface area contributed by atoms with E-state index in [1.807, 2.05) is 0 Å². The lowest BCUT2D eigenvalue weighted by atomic mass is 10.2. The molecular weight excluding hydrogens is 318 g/mol. The normalized spacial score (nSPS) is 16.8. The van der Waals surface area contributed by atoms with Crippen molar-refractivity contribution in [2.75, 3.05) is 36.7 Å². The Morgan fingerprint density at radius 2 is 1.74 bits per heavy atom. The lowest BCUT2D eigenvalue weighted by molar-refractivity contribution is -0.135. The number of hydrogen-bond donors (Lipinski definition) is 0. The van der Waals surface area contributed by atoms with Gasteiger partial charge in [0.05, 0.1) is 11.9 Å². The number of hydrogen-bond acceptors (Lipinski definition) is 4. The van der Waals surface area contributed by atoms with E-state index in [0.29, 0.717) is 31.9 Å². The molecule has 23 heavy (non-hydrogen) atoms. The number of piperazine rings is 1. The first kappa shape index (κ1) is 17.3. The Kier molecular flexibility index (Phi) is 5.25. The molecule has 1 heterocycles. The molecule has 0 spiro atoms. The van der Waals surface area contributed by atoms with Crippen LogP contribution < -0.4 is 4.31 Å².